The molecule has 0 unspecified atom stereocenters. The summed E-state index contributed by atoms with van der Waals surface area (Å²) in [6.45, 7) is 5.44. The van der Waals surface area contributed by atoms with Crippen LogP contribution in [0.15, 0.2) is 12.2 Å². The Labute approximate surface area is 163 Å². The van der Waals surface area contributed by atoms with Crippen LogP contribution >= 0.6 is 0 Å². The zero-order chi connectivity index (χ0) is 20.1. The molecule has 0 radical (unpaired) electrons. The first-order chi connectivity index (χ1) is 12.8. The molecule has 0 N–H and O–H groups in total. The fourth-order valence-electron chi connectivity index (χ4n) is 4.60. The van der Waals surface area contributed by atoms with Crippen molar-refractivity contribution in [3.8, 4) is 0 Å². The molecule has 0 aromatic rings. The van der Waals surface area contributed by atoms with E-state index in [1.54, 1.807) is 35.4 Å². The molecule has 0 aromatic heterocycles. The monoisotopic (exact) mass is 384 g/mol. The molecule has 2 aliphatic rings. The lowest BCUT2D eigenvalue weighted by Crippen LogP contribution is -2.46. The molecule has 0 amide bonds. The van der Waals surface area contributed by atoms with Gasteiger partial charge in [0.15, 0.2) is 11.6 Å². The van der Waals surface area contributed by atoms with Gasteiger partial charge in [0.05, 0.1) is 0 Å². The molecule has 2 aliphatic carbocycles. The minimum absolute atomic E-state index is 0.118. The van der Waals surface area contributed by atoms with E-state index in [-0.39, 0.29) is 12.1 Å². The van der Waals surface area contributed by atoms with E-state index in [0.29, 0.717) is 17.4 Å². The summed E-state index contributed by atoms with van der Waals surface area (Å²) in [5.41, 5.74) is 0.442. The molecule has 27 heavy (non-hydrogen) atoms. The summed E-state index contributed by atoms with van der Waals surface area (Å²) in [7, 11) is 6.77. The Morgan fingerprint density at radius 1 is 0.815 bits per heavy atom. The number of ether oxygens (including phenoxy) is 5. The van der Waals surface area contributed by atoms with Crippen molar-refractivity contribution in [1.82, 2.24) is 0 Å². The molecule has 0 aliphatic heterocycles. The van der Waals surface area contributed by atoms with Crippen molar-refractivity contribution in [1.29, 1.82) is 0 Å². The van der Waals surface area contributed by atoms with Gasteiger partial charge in [0, 0.05) is 59.7 Å². The Morgan fingerprint density at radius 2 is 1.15 bits per heavy atom. The minimum Gasteiger partial charge on any atom is -0.458 e. The van der Waals surface area contributed by atoms with Crippen LogP contribution in [0.5, 0.6) is 0 Å². The van der Waals surface area contributed by atoms with Crippen LogP contribution in [0, 0.1) is 11.8 Å². The van der Waals surface area contributed by atoms with E-state index in [9.17, 15) is 4.79 Å². The summed E-state index contributed by atoms with van der Waals surface area (Å²) in [6, 6.07) is 0. The molecule has 0 atom stereocenters. The summed E-state index contributed by atoms with van der Waals surface area (Å²) >= 11 is 0. The predicted molar refractivity (Wildman–Crippen MR) is 102 cm³/mol. The van der Waals surface area contributed by atoms with Crippen molar-refractivity contribution >= 4 is 5.97 Å². The fraction of sp³-hybridized carbons (Fsp3) is 0.857. The van der Waals surface area contributed by atoms with Crippen LogP contribution in [-0.2, 0) is 28.5 Å². The van der Waals surface area contributed by atoms with Gasteiger partial charge < -0.3 is 23.7 Å². The van der Waals surface area contributed by atoms with Crippen LogP contribution in [-0.4, -0.2) is 52.1 Å². The van der Waals surface area contributed by atoms with Crippen molar-refractivity contribution in [2.75, 3.05) is 28.4 Å². The van der Waals surface area contributed by atoms with Crippen molar-refractivity contribution in [3.63, 3.8) is 0 Å². The van der Waals surface area contributed by atoms with E-state index in [0.717, 1.165) is 51.4 Å². The van der Waals surface area contributed by atoms with Gasteiger partial charge in [0.1, 0.15) is 6.10 Å². The van der Waals surface area contributed by atoms with Crippen LogP contribution in [0.2, 0.25) is 0 Å². The van der Waals surface area contributed by atoms with E-state index < -0.39 is 11.6 Å². The fourth-order valence-corrected chi connectivity index (χ4v) is 4.60. The standard InChI is InChI=1S/C21H36O6/c1-15(2)19(22)27-18(16-7-11-20(23-3,24-4)12-8-16)17-9-13-21(25-5,26-6)14-10-17/h16-18H,1,7-14H2,2-6H3. The van der Waals surface area contributed by atoms with Gasteiger partial charge in [-0.15, -0.1) is 0 Å². The van der Waals surface area contributed by atoms with Crippen molar-refractivity contribution in [2.45, 2.75) is 76.0 Å². The molecule has 6 nitrogen and oxygen atoms in total. The van der Waals surface area contributed by atoms with Crippen LogP contribution in [0.25, 0.3) is 0 Å². The van der Waals surface area contributed by atoms with Crippen molar-refractivity contribution < 1.29 is 28.5 Å². The Balaban J connectivity index is 2.09. The lowest BCUT2D eigenvalue weighted by molar-refractivity contribution is -0.239. The van der Waals surface area contributed by atoms with Gasteiger partial charge in [-0.3, -0.25) is 0 Å². The van der Waals surface area contributed by atoms with Gasteiger partial charge in [-0.25, -0.2) is 4.79 Å². The molecule has 0 heterocycles. The molecule has 2 rings (SSSR count). The molecule has 0 aromatic carbocycles. The number of carbonyl (C=O) groups excluding carboxylic acids is 1. The third-order valence-electron chi connectivity index (χ3n) is 6.59. The summed E-state index contributed by atoms with van der Waals surface area (Å²) < 4.78 is 28.4. The number of esters is 1. The van der Waals surface area contributed by atoms with Crippen molar-refractivity contribution in [3.05, 3.63) is 12.2 Å². The molecule has 2 fully saturated rings. The second kappa shape index (κ2) is 9.50. The topological polar surface area (TPSA) is 63.2 Å². The molecule has 156 valence electrons. The first kappa shape index (κ1) is 22.3. The average Bonchev–Trinajstić information content (AvgIpc) is 2.72. The lowest BCUT2D eigenvalue weighted by atomic mass is 9.73. The average molecular weight is 385 g/mol. The predicted octanol–water partition coefficient (Wildman–Crippen LogP) is 3.83. The minimum atomic E-state index is -0.507. The van der Waals surface area contributed by atoms with E-state index in [1.165, 1.54) is 0 Å². The van der Waals surface area contributed by atoms with E-state index in [1.807, 2.05) is 0 Å². The van der Waals surface area contributed by atoms with Gasteiger partial charge in [0.25, 0.3) is 0 Å². The van der Waals surface area contributed by atoms with Gasteiger partial charge in [-0.1, -0.05) is 6.58 Å². The summed E-state index contributed by atoms with van der Waals surface area (Å²) in [5, 5.41) is 0. The Bertz CT molecular complexity index is 457. The number of carbonyl (C=O) groups is 1. The zero-order valence-electron chi connectivity index (χ0n) is 17.5. The van der Waals surface area contributed by atoms with E-state index in [4.69, 9.17) is 23.7 Å². The second-order valence-electron chi connectivity index (χ2n) is 7.96. The smallest absolute Gasteiger partial charge is 0.333 e. The lowest BCUT2D eigenvalue weighted by Gasteiger charge is -2.44. The SMILES string of the molecule is C=C(C)C(=O)OC(C1CCC(OC)(OC)CC1)C1CCC(OC)(OC)CC1. The third kappa shape index (κ3) is 5.11. The molecule has 0 saturated heterocycles. The molecule has 0 spiro atoms. The van der Waals surface area contributed by atoms with Crippen LogP contribution in [0.3, 0.4) is 0 Å². The largest absolute Gasteiger partial charge is 0.458 e. The quantitative estimate of drug-likeness (QED) is 0.360. The number of hydrogen-bond donors (Lipinski definition) is 0. The first-order valence-electron chi connectivity index (χ1n) is 9.91. The first-order valence-corrected chi connectivity index (χ1v) is 9.91. The van der Waals surface area contributed by atoms with Gasteiger partial charge in [-0.2, -0.15) is 0 Å². The van der Waals surface area contributed by atoms with Gasteiger partial charge in [0.2, 0.25) is 0 Å². The van der Waals surface area contributed by atoms with E-state index >= 15 is 0 Å². The summed E-state index contributed by atoms with van der Waals surface area (Å²) in [6.07, 6.45) is 6.73. The molecule has 0 bridgehead atoms. The Hall–Kier alpha value is -0.950. The van der Waals surface area contributed by atoms with Crippen molar-refractivity contribution in [2.24, 2.45) is 11.8 Å². The Kier molecular flexibility index (Phi) is 7.86. The summed E-state index contributed by atoms with van der Waals surface area (Å²) in [5.74, 6) is -0.713. The van der Waals surface area contributed by atoms with E-state index in [2.05, 4.69) is 6.58 Å². The maximum absolute atomic E-state index is 12.3. The van der Waals surface area contributed by atoms with Crippen LogP contribution < -0.4 is 0 Å². The highest BCUT2D eigenvalue weighted by molar-refractivity contribution is 5.87. The molecule has 2 saturated carbocycles. The summed E-state index contributed by atoms with van der Waals surface area (Å²) in [4.78, 5) is 12.3. The highest BCUT2D eigenvalue weighted by Crippen LogP contribution is 2.44. The highest BCUT2D eigenvalue weighted by atomic mass is 16.7. The normalized spacial score (nSPS) is 23.3. The van der Waals surface area contributed by atoms with Crippen LogP contribution in [0.4, 0.5) is 0 Å². The molecular formula is C21H36O6. The maximum atomic E-state index is 12.3. The van der Waals surface area contributed by atoms with Gasteiger partial charge in [-0.05, 0) is 44.4 Å². The molecule has 6 heteroatoms. The number of hydrogen-bond acceptors (Lipinski definition) is 6. The highest BCUT2D eigenvalue weighted by Gasteiger charge is 2.44. The molecular weight excluding hydrogens is 348 g/mol. The van der Waals surface area contributed by atoms with Gasteiger partial charge >= 0.3 is 5.97 Å². The third-order valence-corrected chi connectivity index (χ3v) is 6.59. The Morgan fingerprint density at radius 3 is 1.41 bits per heavy atom. The van der Waals surface area contributed by atoms with Crippen LogP contribution in [0.1, 0.15) is 58.3 Å². The second-order valence-corrected chi connectivity index (χ2v) is 7.96. The number of methoxy groups -OCH3 is 4. The zero-order valence-corrected chi connectivity index (χ0v) is 17.5. The number of rotatable bonds is 8. The maximum Gasteiger partial charge on any atom is 0.333 e.